The Labute approximate surface area is 98.6 Å². The molecule has 0 radical (unpaired) electrons. The highest BCUT2D eigenvalue weighted by atomic mass is 79.9. The molecule has 0 amide bonds. The lowest BCUT2D eigenvalue weighted by Gasteiger charge is -2.52. The van der Waals surface area contributed by atoms with E-state index >= 15 is 0 Å². The van der Waals surface area contributed by atoms with Crippen LogP contribution in [0.15, 0.2) is 28.7 Å². The van der Waals surface area contributed by atoms with E-state index in [1.54, 1.807) is 0 Å². The summed E-state index contributed by atoms with van der Waals surface area (Å²) in [7, 11) is 0. The van der Waals surface area contributed by atoms with E-state index < -0.39 is 5.60 Å². The van der Waals surface area contributed by atoms with Gasteiger partial charge in [0.05, 0.1) is 5.60 Å². The highest BCUT2D eigenvalue weighted by Crippen LogP contribution is 2.51. The highest BCUT2D eigenvalue weighted by molar-refractivity contribution is 9.10. The van der Waals surface area contributed by atoms with E-state index in [1.165, 1.54) is 5.56 Å². The van der Waals surface area contributed by atoms with E-state index in [0.717, 1.165) is 17.3 Å². The van der Waals surface area contributed by atoms with Gasteiger partial charge in [0.15, 0.2) is 0 Å². The first-order valence-corrected chi connectivity index (χ1v) is 5.96. The minimum atomic E-state index is -0.547. The quantitative estimate of drug-likeness (QED) is 0.865. The van der Waals surface area contributed by atoms with Crippen LogP contribution in [-0.4, -0.2) is 17.3 Å². The van der Waals surface area contributed by atoms with Crippen LogP contribution in [0, 0.1) is 0 Å². The molecule has 1 aromatic rings. The van der Waals surface area contributed by atoms with E-state index in [2.05, 4.69) is 22.0 Å². The maximum Gasteiger partial charge on any atom is 0.0637 e. The Kier molecular flexibility index (Phi) is 2.65. The molecule has 82 valence electrons. The van der Waals surface area contributed by atoms with Crippen molar-refractivity contribution >= 4 is 15.9 Å². The molecule has 3 heteroatoms. The molecule has 1 fully saturated rings. The first kappa shape index (κ1) is 11.1. The predicted molar refractivity (Wildman–Crippen MR) is 64.7 cm³/mol. The molecule has 0 unspecified atom stereocenters. The van der Waals surface area contributed by atoms with Crippen molar-refractivity contribution < 1.29 is 5.11 Å². The summed E-state index contributed by atoms with van der Waals surface area (Å²) >= 11 is 3.55. The third-order valence-corrected chi connectivity index (χ3v) is 3.97. The molecule has 1 aliphatic rings. The van der Waals surface area contributed by atoms with Gasteiger partial charge >= 0.3 is 0 Å². The van der Waals surface area contributed by atoms with Crippen LogP contribution < -0.4 is 5.73 Å². The van der Waals surface area contributed by atoms with Gasteiger partial charge in [-0.3, -0.25) is 0 Å². The maximum absolute atomic E-state index is 9.86. The van der Waals surface area contributed by atoms with Crippen LogP contribution in [0.1, 0.15) is 25.3 Å². The zero-order chi connectivity index (χ0) is 11.1. The number of benzene rings is 1. The van der Waals surface area contributed by atoms with Crippen molar-refractivity contribution in [3.8, 4) is 0 Å². The monoisotopic (exact) mass is 269 g/mol. The Morgan fingerprint density at radius 1 is 1.40 bits per heavy atom. The fourth-order valence-electron chi connectivity index (χ4n) is 2.74. The second-order valence-corrected chi connectivity index (χ2v) is 5.67. The largest absolute Gasteiger partial charge is 0.390 e. The summed E-state index contributed by atoms with van der Waals surface area (Å²) in [6, 6.07) is 8.13. The first-order chi connectivity index (χ1) is 6.99. The van der Waals surface area contributed by atoms with Gasteiger partial charge in [0.25, 0.3) is 0 Å². The van der Waals surface area contributed by atoms with E-state index in [9.17, 15) is 5.11 Å². The van der Waals surface area contributed by atoms with Crippen molar-refractivity contribution in [1.29, 1.82) is 0 Å². The van der Waals surface area contributed by atoms with Gasteiger partial charge in [0.2, 0.25) is 0 Å². The summed E-state index contributed by atoms with van der Waals surface area (Å²) in [5.41, 5.74) is 6.50. The third-order valence-electron chi connectivity index (χ3n) is 3.27. The highest BCUT2D eigenvalue weighted by Gasteiger charge is 2.51. The molecule has 1 aromatic carbocycles. The Hall–Kier alpha value is -0.380. The van der Waals surface area contributed by atoms with E-state index in [-0.39, 0.29) is 5.41 Å². The number of hydrogen-bond acceptors (Lipinski definition) is 2. The Morgan fingerprint density at radius 3 is 2.47 bits per heavy atom. The smallest absolute Gasteiger partial charge is 0.0637 e. The molecule has 0 saturated heterocycles. The molecule has 0 bridgehead atoms. The average Bonchev–Trinajstić information content (AvgIpc) is 2.14. The molecule has 0 aromatic heterocycles. The maximum atomic E-state index is 9.86. The van der Waals surface area contributed by atoms with Crippen LogP contribution in [0.4, 0.5) is 0 Å². The summed E-state index contributed by atoms with van der Waals surface area (Å²) in [4.78, 5) is 0. The van der Waals surface area contributed by atoms with Gasteiger partial charge in [-0.15, -0.1) is 0 Å². The second-order valence-electron chi connectivity index (χ2n) is 4.81. The van der Waals surface area contributed by atoms with E-state index in [1.807, 2.05) is 25.1 Å². The van der Waals surface area contributed by atoms with Crippen molar-refractivity contribution in [2.75, 3.05) is 6.54 Å². The summed E-state index contributed by atoms with van der Waals surface area (Å²) in [5.74, 6) is 0. The molecule has 0 heterocycles. The minimum absolute atomic E-state index is 0.0381. The average molecular weight is 270 g/mol. The van der Waals surface area contributed by atoms with Crippen molar-refractivity contribution in [3.63, 3.8) is 0 Å². The van der Waals surface area contributed by atoms with Gasteiger partial charge in [-0.05, 0) is 31.4 Å². The zero-order valence-corrected chi connectivity index (χ0v) is 10.4. The van der Waals surface area contributed by atoms with Crippen molar-refractivity contribution in [2.45, 2.75) is 30.8 Å². The minimum Gasteiger partial charge on any atom is -0.390 e. The summed E-state index contributed by atoms with van der Waals surface area (Å²) < 4.78 is 1.09. The Balaban J connectivity index is 2.34. The number of halogens is 1. The van der Waals surface area contributed by atoms with Crippen LogP contribution >= 0.6 is 15.9 Å². The fourth-order valence-corrected chi connectivity index (χ4v) is 3.45. The second kappa shape index (κ2) is 3.58. The lowest BCUT2D eigenvalue weighted by atomic mass is 9.57. The van der Waals surface area contributed by atoms with Crippen LogP contribution in [0.3, 0.4) is 0 Å². The van der Waals surface area contributed by atoms with Gasteiger partial charge in [-0.25, -0.2) is 0 Å². The summed E-state index contributed by atoms with van der Waals surface area (Å²) in [6.45, 7) is 2.46. The molecule has 1 saturated carbocycles. The fraction of sp³-hybridized carbons (Fsp3) is 0.500. The number of aliphatic hydroxyl groups is 1. The zero-order valence-electron chi connectivity index (χ0n) is 8.83. The SMILES string of the molecule is CC1(O)CC(CN)(c2ccccc2Br)C1. The lowest BCUT2D eigenvalue weighted by Crippen LogP contribution is -2.56. The Morgan fingerprint density at radius 2 is 2.00 bits per heavy atom. The molecule has 3 N–H and O–H groups in total. The number of rotatable bonds is 2. The van der Waals surface area contributed by atoms with Crippen molar-refractivity contribution in [2.24, 2.45) is 5.73 Å². The molecule has 1 aliphatic carbocycles. The van der Waals surface area contributed by atoms with Crippen LogP contribution in [-0.2, 0) is 5.41 Å². The predicted octanol–water partition coefficient (Wildman–Crippen LogP) is 2.19. The molecule has 0 spiro atoms. The summed E-state index contributed by atoms with van der Waals surface area (Å²) in [5, 5.41) is 9.86. The molecule has 15 heavy (non-hydrogen) atoms. The van der Waals surface area contributed by atoms with Gasteiger partial charge in [0, 0.05) is 16.4 Å². The molecule has 0 atom stereocenters. The standard InChI is InChI=1S/C12H16BrNO/c1-11(15)6-12(7-11,8-14)9-4-2-3-5-10(9)13/h2-5,15H,6-8,14H2,1H3. The number of hydrogen-bond donors (Lipinski definition) is 2. The molecular formula is C12H16BrNO. The number of nitrogens with two attached hydrogens (primary N) is 1. The first-order valence-electron chi connectivity index (χ1n) is 5.17. The van der Waals surface area contributed by atoms with Gasteiger partial charge in [-0.2, -0.15) is 0 Å². The van der Waals surface area contributed by atoms with E-state index in [4.69, 9.17) is 5.73 Å². The third kappa shape index (κ3) is 1.84. The van der Waals surface area contributed by atoms with Gasteiger partial charge in [-0.1, -0.05) is 34.1 Å². The molecular weight excluding hydrogens is 254 g/mol. The Bertz CT molecular complexity index is 368. The van der Waals surface area contributed by atoms with Crippen LogP contribution in [0.2, 0.25) is 0 Å². The van der Waals surface area contributed by atoms with Crippen molar-refractivity contribution in [3.05, 3.63) is 34.3 Å². The van der Waals surface area contributed by atoms with Crippen molar-refractivity contribution in [1.82, 2.24) is 0 Å². The van der Waals surface area contributed by atoms with E-state index in [0.29, 0.717) is 6.54 Å². The topological polar surface area (TPSA) is 46.2 Å². The van der Waals surface area contributed by atoms with Gasteiger partial charge < -0.3 is 10.8 Å². The summed E-state index contributed by atoms with van der Waals surface area (Å²) in [6.07, 6.45) is 1.50. The molecule has 0 aliphatic heterocycles. The van der Waals surface area contributed by atoms with Crippen LogP contribution in [0.25, 0.3) is 0 Å². The molecule has 2 nitrogen and oxygen atoms in total. The van der Waals surface area contributed by atoms with Gasteiger partial charge in [0.1, 0.15) is 0 Å². The lowest BCUT2D eigenvalue weighted by molar-refractivity contribution is -0.0728. The molecule has 2 rings (SSSR count). The van der Waals surface area contributed by atoms with Crippen LogP contribution in [0.5, 0.6) is 0 Å². The normalized spacial score (nSPS) is 34.9.